The highest BCUT2D eigenvalue weighted by molar-refractivity contribution is 9.10. The third-order valence-electron chi connectivity index (χ3n) is 13.3. The molecule has 2 aliphatic rings. The number of nitrogens with zero attached hydrogens (tertiary/aromatic N) is 12. The lowest BCUT2D eigenvalue weighted by Gasteiger charge is -2.23. The molecule has 0 spiro atoms. The van der Waals surface area contributed by atoms with Gasteiger partial charge in [0.05, 0.1) is 31.2 Å². The Morgan fingerprint density at radius 3 is 1.39 bits per heavy atom. The van der Waals surface area contributed by atoms with Crippen molar-refractivity contribution in [1.29, 1.82) is 0 Å². The number of aromatic nitrogens is 10. The summed E-state index contributed by atoms with van der Waals surface area (Å²) in [7, 11) is 1.28. The van der Waals surface area contributed by atoms with Gasteiger partial charge in [-0.3, -0.25) is 47.7 Å². The lowest BCUT2D eigenvalue weighted by molar-refractivity contribution is -0.140. The van der Waals surface area contributed by atoms with Crippen LogP contribution >= 0.6 is 31.9 Å². The summed E-state index contributed by atoms with van der Waals surface area (Å²) in [6, 6.07) is 18.2. The van der Waals surface area contributed by atoms with Crippen molar-refractivity contribution in [3.63, 3.8) is 0 Å². The summed E-state index contributed by atoms with van der Waals surface area (Å²) < 4.78 is 37.3. The Bertz CT molecular complexity index is 3870. The Morgan fingerprint density at radius 1 is 0.602 bits per heavy atom. The molecule has 0 radical (unpaired) electrons. The van der Waals surface area contributed by atoms with Crippen molar-refractivity contribution in [2.75, 3.05) is 30.8 Å². The molecule has 0 aliphatic carbocycles. The standard InChI is InChI=1S/C28H25BrFN7O5.C27H23BrFN7O5/c1-15(38)27-19-8-16(17-11-31-24(32-12-17)10-26(40)42-2)6-7-20(19)37(35-27)14-25(39)36-13-18(30)9-21(36)28(41)34-23-5-3-4-22(29)33-23;1-14(37)26-18-7-15(16-10-30-23(31-11-16)9-25(39)40)5-6-19(18)36(34-26)13-24(38)35-12-17(29)8-20(35)27(41)33-22-4-2-3-21(28)32-22/h3-8,11-12,18,21H,9-10,13-14H2,1-2H3,(H,33,34,41);2-7,10-11,17,20H,8-9,12-13H2,1H3,(H,39,40)(H,32,33,41)/t18-,21+;17-,20+/m11/s1. The molecule has 2 aromatic carbocycles. The van der Waals surface area contributed by atoms with Gasteiger partial charge in [-0.05, 0) is 91.5 Å². The van der Waals surface area contributed by atoms with Crippen molar-refractivity contribution in [2.24, 2.45) is 0 Å². The summed E-state index contributed by atoms with van der Waals surface area (Å²) in [5, 5.41) is 23.9. The average molecular weight is 1260 g/mol. The van der Waals surface area contributed by atoms with Crippen molar-refractivity contribution in [3.8, 4) is 22.3 Å². The molecule has 6 aromatic heterocycles. The molecule has 24 nitrogen and oxygen atoms in total. The van der Waals surface area contributed by atoms with Crippen molar-refractivity contribution in [2.45, 2.75) is 77.0 Å². The second kappa shape index (κ2) is 25.3. The van der Waals surface area contributed by atoms with E-state index in [1.54, 1.807) is 85.2 Å². The van der Waals surface area contributed by atoms with Gasteiger partial charge in [-0.1, -0.05) is 24.3 Å². The summed E-state index contributed by atoms with van der Waals surface area (Å²) in [5.41, 5.74) is 3.88. The lowest BCUT2D eigenvalue weighted by Crippen LogP contribution is -2.44. The molecule has 3 N–H and O–H groups in total. The van der Waals surface area contributed by atoms with E-state index in [4.69, 9.17) is 5.11 Å². The van der Waals surface area contributed by atoms with Crippen LogP contribution in [-0.2, 0) is 59.4 Å². The van der Waals surface area contributed by atoms with E-state index < -0.39 is 60.0 Å². The number of likely N-dealkylation sites (tertiary alicyclic amines) is 2. The number of esters is 1. The third kappa shape index (κ3) is 13.8. The average Bonchev–Trinajstić information content (AvgIpc) is 2.75. The molecule has 0 saturated carbocycles. The largest absolute Gasteiger partial charge is 0.481 e. The van der Waals surface area contributed by atoms with Gasteiger partial charge in [0.2, 0.25) is 23.6 Å². The van der Waals surface area contributed by atoms with Crippen LogP contribution in [0.5, 0.6) is 0 Å². The molecule has 2 aliphatic heterocycles. The zero-order valence-electron chi connectivity index (χ0n) is 44.2. The number of anilines is 2. The summed E-state index contributed by atoms with van der Waals surface area (Å²) in [4.78, 5) is 127. The lowest BCUT2D eigenvalue weighted by atomic mass is 10.0. The Labute approximate surface area is 486 Å². The highest BCUT2D eigenvalue weighted by Gasteiger charge is 2.42. The van der Waals surface area contributed by atoms with Crippen LogP contribution in [0.25, 0.3) is 44.1 Å². The van der Waals surface area contributed by atoms with Crippen LogP contribution in [0, 0.1) is 0 Å². The minimum absolute atomic E-state index is 0.0608. The number of halogens is 4. The quantitative estimate of drug-likeness (QED) is 0.0550. The third-order valence-corrected chi connectivity index (χ3v) is 14.2. The molecular weight excluding hydrogens is 1210 g/mol. The van der Waals surface area contributed by atoms with Crippen LogP contribution in [0.15, 0.2) is 107 Å². The van der Waals surface area contributed by atoms with Crippen molar-refractivity contribution in [3.05, 3.63) is 130 Å². The smallest absolute Gasteiger partial charge is 0.313 e. The van der Waals surface area contributed by atoms with Gasteiger partial charge in [-0.15, -0.1) is 0 Å². The van der Waals surface area contributed by atoms with E-state index >= 15 is 0 Å². The highest BCUT2D eigenvalue weighted by Crippen LogP contribution is 2.31. The number of carbonyl (C=O) groups excluding carboxylic acids is 7. The fourth-order valence-corrected chi connectivity index (χ4v) is 10.1. The predicted molar refractivity (Wildman–Crippen MR) is 300 cm³/mol. The molecule has 83 heavy (non-hydrogen) atoms. The number of carboxylic acid groups (broad SMARTS) is 1. The molecule has 4 atom stereocenters. The number of fused-ring (bicyclic) bond motifs is 2. The number of benzene rings is 2. The fourth-order valence-electron chi connectivity index (χ4n) is 9.44. The van der Waals surface area contributed by atoms with Crippen LogP contribution < -0.4 is 10.6 Å². The number of carboxylic acids is 1. The predicted octanol–water partition coefficient (Wildman–Crippen LogP) is 6.20. The minimum Gasteiger partial charge on any atom is -0.481 e. The summed E-state index contributed by atoms with van der Waals surface area (Å²) in [5.74, 6) is -3.28. The normalized spacial score (nSPS) is 16.5. The van der Waals surface area contributed by atoms with Crippen molar-refractivity contribution in [1.82, 2.24) is 59.3 Å². The number of aliphatic carboxylic acids is 1. The van der Waals surface area contributed by atoms with E-state index in [0.717, 1.165) is 0 Å². The number of ether oxygens (including phenoxy) is 1. The van der Waals surface area contributed by atoms with E-state index in [0.29, 0.717) is 59.1 Å². The van der Waals surface area contributed by atoms with Crippen LogP contribution in [0.3, 0.4) is 0 Å². The van der Waals surface area contributed by atoms with Crippen LogP contribution in [0.1, 0.15) is 59.3 Å². The van der Waals surface area contributed by atoms with E-state index in [-0.39, 0.29) is 92.3 Å². The number of carbonyl (C=O) groups is 8. The number of pyridine rings is 2. The molecule has 10 rings (SSSR count). The Balaban J connectivity index is 0.000000200. The Morgan fingerprint density at radius 2 is 1.01 bits per heavy atom. The molecule has 2 fully saturated rings. The first-order chi connectivity index (χ1) is 39.7. The van der Waals surface area contributed by atoms with E-state index in [9.17, 15) is 47.1 Å². The van der Waals surface area contributed by atoms with Gasteiger partial charge >= 0.3 is 11.9 Å². The van der Waals surface area contributed by atoms with Crippen LogP contribution in [-0.4, -0.2) is 156 Å². The molecular formula is C55H48Br2F2N14O10. The van der Waals surface area contributed by atoms with Gasteiger partial charge in [0.1, 0.15) is 94.2 Å². The van der Waals surface area contributed by atoms with Crippen LogP contribution in [0.4, 0.5) is 20.4 Å². The number of methoxy groups -OCH3 is 1. The molecule has 426 valence electrons. The topological polar surface area (TPSA) is 310 Å². The van der Waals surface area contributed by atoms with Gasteiger partial charge in [-0.2, -0.15) is 10.2 Å². The summed E-state index contributed by atoms with van der Waals surface area (Å²) in [6.07, 6.45) is 2.69. The maximum Gasteiger partial charge on any atom is 0.313 e. The second-order valence-electron chi connectivity index (χ2n) is 19.1. The molecule has 28 heteroatoms. The monoisotopic (exact) mass is 1260 g/mol. The molecule has 4 amide bonds. The molecule has 8 aromatic rings. The van der Waals surface area contributed by atoms with Crippen molar-refractivity contribution < 1.29 is 57.0 Å². The zero-order chi connectivity index (χ0) is 59.2. The van der Waals surface area contributed by atoms with Crippen LogP contribution in [0.2, 0.25) is 0 Å². The zero-order valence-corrected chi connectivity index (χ0v) is 47.4. The first-order valence-electron chi connectivity index (χ1n) is 25.4. The van der Waals surface area contributed by atoms with Gasteiger partial charge in [0.15, 0.2) is 11.6 Å². The number of alkyl halides is 2. The number of ketones is 2. The van der Waals surface area contributed by atoms with Crippen molar-refractivity contribution >= 4 is 112 Å². The highest BCUT2D eigenvalue weighted by atomic mass is 79.9. The number of amides is 4. The Hall–Kier alpha value is -9.18. The van der Waals surface area contributed by atoms with E-state index in [1.165, 1.54) is 52.5 Å². The first-order valence-corrected chi connectivity index (χ1v) is 27.0. The Kier molecular flexibility index (Phi) is 17.8. The van der Waals surface area contributed by atoms with Gasteiger partial charge in [0, 0.05) is 73.4 Å². The first kappa shape index (κ1) is 58.5. The minimum atomic E-state index is -1.38. The summed E-state index contributed by atoms with van der Waals surface area (Å²) in [6.45, 7) is 1.62. The van der Waals surface area contributed by atoms with Gasteiger partial charge in [0.25, 0.3) is 0 Å². The maximum absolute atomic E-state index is 14.5. The summed E-state index contributed by atoms with van der Waals surface area (Å²) >= 11 is 6.47. The number of hydrogen-bond donors (Lipinski definition) is 3. The van der Waals surface area contributed by atoms with Gasteiger partial charge < -0.3 is 30.3 Å². The van der Waals surface area contributed by atoms with Gasteiger partial charge in [-0.25, -0.2) is 38.7 Å². The molecule has 8 heterocycles. The molecule has 0 unspecified atom stereocenters. The number of hydrogen-bond acceptors (Lipinski definition) is 17. The number of Topliss-reactive ketones (excluding diaryl/α,β-unsaturated/α-hetero) is 2. The number of nitrogens with one attached hydrogen (secondary N) is 2. The molecule has 2 saturated heterocycles. The SMILES string of the molecule is CC(=O)c1nn(CC(=O)N2C[C@H](F)C[C@H]2C(=O)Nc2cccc(Br)n2)c2ccc(-c3cnc(CC(=O)O)nc3)cc12.COC(=O)Cc1ncc(-c2ccc3c(c2)c(C(C)=O)nn3CC(=O)N2C[C@H](F)C[C@H]2C(=O)Nc2cccc(Br)n2)cn1. The second-order valence-corrected chi connectivity index (χ2v) is 20.8. The van der Waals surface area contributed by atoms with E-state index in [2.05, 4.69) is 87.3 Å². The number of rotatable bonds is 16. The molecule has 0 bridgehead atoms. The maximum atomic E-state index is 14.5. The fraction of sp³-hybridized carbons (Fsp3) is 0.273. The van der Waals surface area contributed by atoms with E-state index in [1.807, 2.05) is 0 Å².